The number of Topliss-reactive ketones (excluding diaryl/α,β-unsaturated/α-hetero) is 2. The summed E-state index contributed by atoms with van der Waals surface area (Å²) in [6, 6.07) is 5.50. The van der Waals surface area contributed by atoms with E-state index >= 15 is 0 Å². The average Bonchev–Trinajstić information content (AvgIpc) is 3.24. The minimum absolute atomic E-state index is 0. The van der Waals surface area contributed by atoms with Gasteiger partial charge in [0, 0.05) is 17.3 Å². The molecule has 2 aliphatic rings. The molecule has 2 aliphatic carbocycles. The summed E-state index contributed by atoms with van der Waals surface area (Å²) in [7, 11) is 0. The molecule has 0 aromatic heterocycles. The molecule has 0 aliphatic heterocycles. The summed E-state index contributed by atoms with van der Waals surface area (Å²) in [5.74, 6) is -1.75. The number of ether oxygens (including phenoxy) is 1. The number of carbonyl (C=O) groups is 3. The first kappa shape index (κ1) is 25.6. The number of ketones is 2. The quantitative estimate of drug-likeness (QED) is 0.483. The van der Waals surface area contributed by atoms with Crippen molar-refractivity contribution < 1.29 is 27.9 Å². The largest absolute Gasteiger partial charge is 0.462 e. The monoisotopic (exact) mass is 482 g/mol. The van der Waals surface area contributed by atoms with Crippen molar-refractivity contribution >= 4 is 33.5 Å². The minimum atomic E-state index is -0.550. The van der Waals surface area contributed by atoms with Crippen molar-refractivity contribution in [2.45, 2.75) is 47.5 Å². The van der Waals surface area contributed by atoms with E-state index in [4.69, 9.17) is 4.74 Å². The van der Waals surface area contributed by atoms with Crippen molar-refractivity contribution in [2.24, 2.45) is 0 Å². The summed E-state index contributed by atoms with van der Waals surface area (Å²) in [5, 5.41) is 0. The Balaban J connectivity index is 0.000000290. The number of fused-ring (bicyclic) bond motifs is 2. The van der Waals surface area contributed by atoms with Crippen LogP contribution >= 0.6 is 15.9 Å². The molecule has 4 rings (SSSR count). The van der Waals surface area contributed by atoms with Gasteiger partial charge in [-0.3, -0.25) is 9.59 Å². The molecule has 0 saturated heterocycles. The summed E-state index contributed by atoms with van der Waals surface area (Å²) in [6.07, 6.45) is 1.78. The number of hydrogen-bond acceptors (Lipinski definition) is 4. The molecule has 4 nitrogen and oxygen atoms in total. The van der Waals surface area contributed by atoms with Gasteiger partial charge in [-0.25, -0.2) is 13.6 Å². The normalized spacial score (nSPS) is 13.3. The van der Waals surface area contributed by atoms with E-state index in [0.717, 1.165) is 16.1 Å². The maximum absolute atomic E-state index is 13.4. The third-order valence-corrected chi connectivity index (χ3v) is 5.47. The van der Waals surface area contributed by atoms with Crippen molar-refractivity contribution in [1.29, 1.82) is 0 Å². The summed E-state index contributed by atoms with van der Waals surface area (Å²) in [6.45, 7) is 1.96. The molecule has 2 aromatic carbocycles. The SMILES string of the molecule is C.C.CCOC(=O)c1ccc(F)c2c1CCC2=O.O=C1CCc2c(Br)ccc(F)c21. The molecular formula is C23H25BrF2O4. The zero-order valence-corrected chi connectivity index (χ0v) is 16.7. The van der Waals surface area contributed by atoms with Gasteiger partial charge in [0.25, 0.3) is 0 Å². The summed E-state index contributed by atoms with van der Waals surface area (Å²) in [5.41, 5.74) is 1.96. The Labute approximate surface area is 183 Å². The second-order valence-corrected chi connectivity index (χ2v) is 7.25. The van der Waals surface area contributed by atoms with Crippen LogP contribution in [0, 0.1) is 11.6 Å². The van der Waals surface area contributed by atoms with E-state index in [1.165, 1.54) is 12.1 Å². The van der Waals surface area contributed by atoms with Crippen LogP contribution in [0.3, 0.4) is 0 Å². The highest BCUT2D eigenvalue weighted by Crippen LogP contribution is 2.31. The molecule has 0 atom stereocenters. The molecule has 0 N–H and O–H groups in total. The van der Waals surface area contributed by atoms with E-state index in [1.807, 2.05) is 0 Å². The van der Waals surface area contributed by atoms with E-state index in [9.17, 15) is 23.2 Å². The van der Waals surface area contributed by atoms with E-state index in [1.54, 1.807) is 13.0 Å². The molecule has 0 radical (unpaired) electrons. The summed E-state index contributed by atoms with van der Waals surface area (Å²) >= 11 is 3.29. The molecule has 162 valence electrons. The average molecular weight is 483 g/mol. The first-order valence-electron chi connectivity index (χ1n) is 8.86. The van der Waals surface area contributed by atoms with Crippen molar-refractivity contribution in [1.82, 2.24) is 0 Å². The molecule has 0 unspecified atom stereocenters. The highest BCUT2D eigenvalue weighted by molar-refractivity contribution is 9.10. The maximum atomic E-state index is 13.4. The summed E-state index contributed by atoms with van der Waals surface area (Å²) < 4.78 is 32.2. The lowest BCUT2D eigenvalue weighted by Gasteiger charge is -2.07. The van der Waals surface area contributed by atoms with Gasteiger partial charge in [-0.2, -0.15) is 0 Å². The molecule has 0 heterocycles. The number of hydrogen-bond donors (Lipinski definition) is 0. The van der Waals surface area contributed by atoms with Crippen molar-refractivity contribution in [2.75, 3.05) is 6.61 Å². The number of carbonyl (C=O) groups excluding carboxylic acids is 3. The van der Waals surface area contributed by atoms with Crippen molar-refractivity contribution in [3.05, 3.63) is 68.2 Å². The van der Waals surface area contributed by atoms with E-state index in [0.29, 0.717) is 30.4 Å². The van der Waals surface area contributed by atoms with Gasteiger partial charge in [-0.05, 0) is 55.2 Å². The predicted molar refractivity (Wildman–Crippen MR) is 115 cm³/mol. The fourth-order valence-corrected chi connectivity index (χ4v) is 3.98. The molecular weight excluding hydrogens is 458 g/mol. The Morgan fingerprint density at radius 1 is 0.900 bits per heavy atom. The topological polar surface area (TPSA) is 60.4 Å². The highest BCUT2D eigenvalue weighted by Gasteiger charge is 2.28. The van der Waals surface area contributed by atoms with Gasteiger partial charge >= 0.3 is 5.97 Å². The number of benzene rings is 2. The molecule has 7 heteroatoms. The first-order valence-corrected chi connectivity index (χ1v) is 9.66. The zero-order chi connectivity index (χ0) is 20.4. The van der Waals surface area contributed by atoms with Crippen molar-refractivity contribution in [3.8, 4) is 0 Å². The lowest BCUT2D eigenvalue weighted by molar-refractivity contribution is 0.0525. The second-order valence-electron chi connectivity index (χ2n) is 6.40. The third-order valence-electron chi connectivity index (χ3n) is 4.72. The molecule has 0 bridgehead atoms. The maximum Gasteiger partial charge on any atom is 0.338 e. The lowest BCUT2D eigenvalue weighted by Crippen LogP contribution is -2.09. The predicted octanol–water partition coefficient (Wildman–Crippen LogP) is 6.12. The van der Waals surface area contributed by atoms with Gasteiger partial charge in [-0.1, -0.05) is 30.8 Å². The van der Waals surface area contributed by atoms with Gasteiger partial charge in [0.05, 0.1) is 23.3 Å². The Bertz CT molecular complexity index is 986. The third kappa shape index (κ3) is 4.83. The Hall–Kier alpha value is -2.41. The molecule has 0 amide bonds. The van der Waals surface area contributed by atoms with Gasteiger partial charge in [0.15, 0.2) is 11.6 Å². The Kier molecular flexibility index (Phi) is 9.03. The Morgan fingerprint density at radius 3 is 1.93 bits per heavy atom. The molecule has 2 aromatic rings. The van der Waals surface area contributed by atoms with Crippen molar-refractivity contribution in [3.63, 3.8) is 0 Å². The van der Waals surface area contributed by atoms with E-state index < -0.39 is 17.6 Å². The summed E-state index contributed by atoms with van der Waals surface area (Å²) in [4.78, 5) is 34.2. The lowest BCUT2D eigenvalue weighted by atomic mass is 10.0. The molecule has 0 fully saturated rings. The molecule has 30 heavy (non-hydrogen) atoms. The number of rotatable bonds is 2. The van der Waals surface area contributed by atoms with Crippen LogP contribution in [0.15, 0.2) is 28.7 Å². The van der Waals surface area contributed by atoms with E-state index in [2.05, 4.69) is 15.9 Å². The van der Waals surface area contributed by atoms with Crippen LogP contribution in [0.1, 0.15) is 76.8 Å². The fraction of sp³-hybridized carbons (Fsp3) is 0.348. The highest BCUT2D eigenvalue weighted by atomic mass is 79.9. The van der Waals surface area contributed by atoms with Crippen LogP contribution in [-0.4, -0.2) is 24.1 Å². The van der Waals surface area contributed by atoms with Gasteiger partial charge < -0.3 is 4.74 Å². The van der Waals surface area contributed by atoms with Crippen LogP contribution in [0.25, 0.3) is 0 Å². The standard InChI is InChI=1S/C12H11FO3.C9H6BrFO.2CH4/c1-2-16-12(15)8-3-5-9(13)11-7(8)4-6-10(11)14;10-6-2-3-7(11)9-5(6)1-4-8(9)12;;/h3,5H,2,4,6H2,1H3;2-3H,1,4H2;2*1H4. The second kappa shape index (κ2) is 10.6. The fourth-order valence-electron chi connectivity index (χ4n) is 3.45. The zero-order valence-electron chi connectivity index (χ0n) is 15.1. The first-order chi connectivity index (χ1) is 13.3. The van der Waals surface area contributed by atoms with Crippen LogP contribution < -0.4 is 0 Å². The van der Waals surface area contributed by atoms with Crippen LogP contribution in [0.5, 0.6) is 0 Å². The van der Waals surface area contributed by atoms with Crippen LogP contribution in [-0.2, 0) is 17.6 Å². The smallest absolute Gasteiger partial charge is 0.338 e. The van der Waals surface area contributed by atoms with Crippen LogP contribution in [0.4, 0.5) is 8.78 Å². The minimum Gasteiger partial charge on any atom is -0.462 e. The van der Waals surface area contributed by atoms with Gasteiger partial charge in [0.1, 0.15) is 11.6 Å². The Morgan fingerprint density at radius 2 is 1.40 bits per heavy atom. The van der Waals surface area contributed by atoms with Gasteiger partial charge in [0.2, 0.25) is 0 Å². The van der Waals surface area contributed by atoms with Crippen LogP contribution in [0.2, 0.25) is 0 Å². The molecule has 0 saturated carbocycles. The van der Waals surface area contributed by atoms with E-state index in [-0.39, 0.29) is 50.6 Å². The van der Waals surface area contributed by atoms with Gasteiger partial charge in [-0.15, -0.1) is 0 Å². The number of halogens is 3. The molecule has 0 spiro atoms. The number of esters is 1.